The Morgan fingerprint density at radius 2 is 1.80 bits per heavy atom. The summed E-state index contributed by atoms with van der Waals surface area (Å²) in [6.45, 7) is 4.43. The highest BCUT2D eigenvalue weighted by Crippen LogP contribution is 2.50. The van der Waals surface area contributed by atoms with Crippen molar-refractivity contribution in [2.75, 3.05) is 23.8 Å². The second kappa shape index (κ2) is 5.29. The van der Waals surface area contributed by atoms with Gasteiger partial charge in [-0.25, -0.2) is 0 Å². The molecule has 0 amide bonds. The van der Waals surface area contributed by atoms with Crippen LogP contribution >= 0.6 is 0 Å². The van der Waals surface area contributed by atoms with Crippen LogP contribution in [0.4, 0.5) is 25.1 Å². The standard InChI is InChI=1S/C11H16F3N5O/c1-3-15-7-16-8(18-9(17-7)20-4-2)19-10(5-6-10)11(12,13)14/h3-6H2,1-2H3,(H2,15,16,17,18,19). The number of ether oxygens (including phenoxy) is 1. The molecule has 0 aromatic carbocycles. The summed E-state index contributed by atoms with van der Waals surface area (Å²) < 4.78 is 43.8. The first-order valence-corrected chi connectivity index (χ1v) is 6.38. The van der Waals surface area contributed by atoms with Crippen LogP contribution in [0.3, 0.4) is 0 Å². The van der Waals surface area contributed by atoms with Crippen molar-refractivity contribution in [3.05, 3.63) is 0 Å². The Bertz CT molecular complexity index is 451. The minimum absolute atomic E-state index is 0.000996. The van der Waals surface area contributed by atoms with Crippen molar-refractivity contribution in [1.82, 2.24) is 15.0 Å². The van der Waals surface area contributed by atoms with Crippen LogP contribution in [0, 0.1) is 0 Å². The smallest absolute Gasteiger partial charge is 0.411 e. The highest BCUT2D eigenvalue weighted by Gasteiger charge is 2.64. The molecule has 0 unspecified atom stereocenters. The van der Waals surface area contributed by atoms with Gasteiger partial charge in [0.2, 0.25) is 11.9 Å². The van der Waals surface area contributed by atoms with Gasteiger partial charge in [0.15, 0.2) is 0 Å². The Morgan fingerprint density at radius 1 is 1.15 bits per heavy atom. The van der Waals surface area contributed by atoms with Crippen molar-refractivity contribution in [1.29, 1.82) is 0 Å². The SMILES string of the molecule is CCNc1nc(NC2(C(F)(F)F)CC2)nc(OCC)n1. The van der Waals surface area contributed by atoms with Crippen LogP contribution in [0.2, 0.25) is 0 Å². The van der Waals surface area contributed by atoms with Crippen molar-refractivity contribution < 1.29 is 17.9 Å². The summed E-state index contributed by atoms with van der Waals surface area (Å²) in [5.74, 6) is 0.0562. The number of rotatable bonds is 6. The molecule has 1 aromatic heterocycles. The summed E-state index contributed by atoms with van der Waals surface area (Å²) in [5, 5.41) is 5.19. The van der Waals surface area contributed by atoms with Gasteiger partial charge in [-0.1, -0.05) is 0 Å². The first kappa shape index (κ1) is 14.6. The normalized spacial score (nSPS) is 16.6. The zero-order valence-electron chi connectivity index (χ0n) is 11.2. The lowest BCUT2D eigenvalue weighted by Gasteiger charge is -2.20. The first-order chi connectivity index (χ1) is 9.40. The molecule has 20 heavy (non-hydrogen) atoms. The Labute approximate surface area is 114 Å². The molecule has 6 nitrogen and oxygen atoms in total. The third kappa shape index (κ3) is 3.02. The van der Waals surface area contributed by atoms with Crippen LogP contribution in [0.5, 0.6) is 6.01 Å². The van der Waals surface area contributed by atoms with Crippen LogP contribution in [0.1, 0.15) is 26.7 Å². The summed E-state index contributed by atoms with van der Waals surface area (Å²) in [4.78, 5) is 11.7. The van der Waals surface area contributed by atoms with Gasteiger partial charge in [0.05, 0.1) is 6.61 Å². The summed E-state index contributed by atoms with van der Waals surface area (Å²) >= 11 is 0. The Hall–Kier alpha value is -1.80. The van der Waals surface area contributed by atoms with E-state index in [2.05, 4.69) is 25.6 Å². The number of anilines is 2. The van der Waals surface area contributed by atoms with E-state index in [1.807, 2.05) is 6.92 Å². The van der Waals surface area contributed by atoms with E-state index >= 15 is 0 Å². The van der Waals surface area contributed by atoms with Crippen LogP contribution in [0.15, 0.2) is 0 Å². The van der Waals surface area contributed by atoms with Crippen LogP contribution in [0.25, 0.3) is 0 Å². The Kier molecular flexibility index (Phi) is 3.87. The average molecular weight is 291 g/mol. The van der Waals surface area contributed by atoms with Gasteiger partial charge < -0.3 is 15.4 Å². The monoisotopic (exact) mass is 291 g/mol. The number of hydrogen-bond donors (Lipinski definition) is 2. The van der Waals surface area contributed by atoms with Crippen molar-refractivity contribution in [3.63, 3.8) is 0 Å². The maximum absolute atomic E-state index is 12.9. The van der Waals surface area contributed by atoms with E-state index in [4.69, 9.17) is 4.74 Å². The maximum Gasteiger partial charge on any atom is 0.411 e. The van der Waals surface area contributed by atoms with Crippen molar-refractivity contribution in [2.45, 2.75) is 38.4 Å². The lowest BCUT2D eigenvalue weighted by molar-refractivity contribution is -0.151. The van der Waals surface area contributed by atoms with Crippen molar-refractivity contribution in [2.24, 2.45) is 0 Å². The molecule has 112 valence electrons. The van der Waals surface area contributed by atoms with Crippen LogP contribution < -0.4 is 15.4 Å². The predicted molar refractivity (Wildman–Crippen MR) is 66.8 cm³/mol. The molecule has 1 aromatic rings. The third-order valence-electron chi connectivity index (χ3n) is 2.87. The molecule has 2 N–H and O–H groups in total. The van der Waals surface area contributed by atoms with Crippen LogP contribution in [-0.4, -0.2) is 39.8 Å². The van der Waals surface area contributed by atoms with Gasteiger partial charge in [-0.3, -0.25) is 0 Å². The van der Waals surface area contributed by atoms with E-state index in [1.54, 1.807) is 6.92 Å². The highest BCUT2D eigenvalue weighted by molar-refractivity contribution is 5.41. The minimum Gasteiger partial charge on any atom is -0.464 e. The molecule has 0 bridgehead atoms. The quantitative estimate of drug-likeness (QED) is 0.837. The number of aromatic nitrogens is 3. The van der Waals surface area contributed by atoms with Gasteiger partial charge >= 0.3 is 12.2 Å². The fourth-order valence-corrected chi connectivity index (χ4v) is 1.66. The van der Waals surface area contributed by atoms with E-state index in [0.29, 0.717) is 13.2 Å². The number of alkyl halides is 3. The van der Waals surface area contributed by atoms with Crippen LogP contribution in [-0.2, 0) is 0 Å². The molecule has 9 heteroatoms. The number of halogens is 3. The van der Waals surface area contributed by atoms with E-state index in [0.717, 1.165) is 0 Å². The van der Waals surface area contributed by atoms with Gasteiger partial charge in [0.25, 0.3) is 0 Å². The summed E-state index contributed by atoms with van der Waals surface area (Å²) in [6, 6.07) is -0.000996. The van der Waals surface area contributed by atoms with Crippen molar-refractivity contribution >= 4 is 11.9 Å². The second-order valence-electron chi connectivity index (χ2n) is 4.43. The molecule has 0 atom stereocenters. The van der Waals surface area contributed by atoms with E-state index < -0.39 is 11.7 Å². The van der Waals surface area contributed by atoms with E-state index in [-0.39, 0.29) is 30.7 Å². The third-order valence-corrected chi connectivity index (χ3v) is 2.87. The fourth-order valence-electron chi connectivity index (χ4n) is 1.66. The maximum atomic E-state index is 12.9. The van der Waals surface area contributed by atoms with E-state index in [1.165, 1.54) is 0 Å². The number of nitrogens with zero attached hydrogens (tertiary/aromatic N) is 3. The Balaban J connectivity index is 2.22. The zero-order chi connectivity index (χ0) is 14.8. The molecule has 0 aliphatic heterocycles. The van der Waals surface area contributed by atoms with Gasteiger partial charge in [0, 0.05) is 6.54 Å². The first-order valence-electron chi connectivity index (χ1n) is 6.38. The number of nitrogens with one attached hydrogen (secondary N) is 2. The van der Waals surface area contributed by atoms with Gasteiger partial charge in [-0.05, 0) is 26.7 Å². The molecule has 0 spiro atoms. The largest absolute Gasteiger partial charge is 0.464 e. The number of hydrogen-bond acceptors (Lipinski definition) is 6. The summed E-state index contributed by atoms with van der Waals surface area (Å²) in [7, 11) is 0. The summed E-state index contributed by atoms with van der Waals surface area (Å²) in [5.41, 5.74) is -1.92. The molecule has 0 radical (unpaired) electrons. The molecule has 1 heterocycles. The minimum atomic E-state index is -4.33. The lowest BCUT2D eigenvalue weighted by Crippen LogP contribution is -2.39. The molecule has 1 fully saturated rings. The molecule has 1 saturated carbocycles. The molecule has 1 aliphatic carbocycles. The fraction of sp³-hybridized carbons (Fsp3) is 0.727. The molecule has 0 saturated heterocycles. The highest BCUT2D eigenvalue weighted by atomic mass is 19.4. The predicted octanol–water partition coefficient (Wildman–Crippen LogP) is 2.21. The van der Waals surface area contributed by atoms with E-state index in [9.17, 15) is 13.2 Å². The van der Waals surface area contributed by atoms with Gasteiger partial charge in [0.1, 0.15) is 5.54 Å². The molecule has 2 rings (SSSR count). The zero-order valence-corrected chi connectivity index (χ0v) is 11.2. The molecule has 1 aliphatic rings. The second-order valence-corrected chi connectivity index (χ2v) is 4.43. The average Bonchev–Trinajstić information content (AvgIpc) is 3.10. The molecular weight excluding hydrogens is 275 g/mol. The van der Waals surface area contributed by atoms with Gasteiger partial charge in [-0.2, -0.15) is 28.1 Å². The van der Waals surface area contributed by atoms with Gasteiger partial charge in [-0.15, -0.1) is 0 Å². The lowest BCUT2D eigenvalue weighted by atomic mass is 10.3. The van der Waals surface area contributed by atoms with Crippen molar-refractivity contribution in [3.8, 4) is 6.01 Å². The molecular formula is C11H16F3N5O. The Morgan fingerprint density at radius 3 is 2.30 bits per heavy atom. The summed E-state index contributed by atoms with van der Waals surface area (Å²) in [6.07, 6.45) is -4.30. The topological polar surface area (TPSA) is 72.0 Å².